The Balaban J connectivity index is 3.09. The number of rotatable bonds is 3. The summed E-state index contributed by atoms with van der Waals surface area (Å²) in [6.07, 6.45) is 0. The van der Waals surface area contributed by atoms with Gasteiger partial charge >= 0.3 is 12.6 Å². The SMILES string of the molecule is O=C(O)c1ccc(F)nc1OC(F)F. The van der Waals surface area contributed by atoms with E-state index in [1.54, 1.807) is 0 Å². The third kappa shape index (κ3) is 2.35. The van der Waals surface area contributed by atoms with Crippen LogP contribution in [0.4, 0.5) is 13.2 Å². The van der Waals surface area contributed by atoms with E-state index in [4.69, 9.17) is 5.11 Å². The van der Waals surface area contributed by atoms with Crippen LogP contribution in [0.3, 0.4) is 0 Å². The molecule has 1 N–H and O–H groups in total. The highest BCUT2D eigenvalue weighted by molar-refractivity contribution is 5.90. The van der Waals surface area contributed by atoms with Crippen LogP contribution in [0.25, 0.3) is 0 Å². The smallest absolute Gasteiger partial charge is 0.388 e. The molecule has 0 spiro atoms. The molecule has 76 valence electrons. The number of ether oxygens (including phenoxy) is 1. The number of hydrogen-bond acceptors (Lipinski definition) is 3. The predicted octanol–water partition coefficient (Wildman–Crippen LogP) is 1.52. The maximum absolute atomic E-state index is 12.4. The van der Waals surface area contributed by atoms with Gasteiger partial charge in [-0.2, -0.15) is 18.2 Å². The van der Waals surface area contributed by atoms with Crippen LogP contribution in [0.5, 0.6) is 5.88 Å². The second kappa shape index (κ2) is 3.95. The van der Waals surface area contributed by atoms with Crippen molar-refractivity contribution >= 4 is 5.97 Å². The number of alkyl halides is 2. The van der Waals surface area contributed by atoms with Gasteiger partial charge in [0.25, 0.3) is 0 Å². The van der Waals surface area contributed by atoms with E-state index in [9.17, 15) is 18.0 Å². The number of nitrogens with zero attached hydrogens (tertiary/aromatic N) is 1. The summed E-state index contributed by atoms with van der Waals surface area (Å²) < 4.78 is 39.6. The topological polar surface area (TPSA) is 59.4 Å². The highest BCUT2D eigenvalue weighted by Gasteiger charge is 2.17. The quantitative estimate of drug-likeness (QED) is 0.763. The lowest BCUT2D eigenvalue weighted by molar-refractivity contribution is -0.0537. The number of aromatic nitrogens is 1. The predicted molar refractivity (Wildman–Crippen MR) is 37.8 cm³/mol. The van der Waals surface area contributed by atoms with Gasteiger partial charge in [-0.15, -0.1) is 0 Å². The first-order chi connectivity index (χ1) is 6.50. The lowest BCUT2D eigenvalue weighted by Gasteiger charge is -2.05. The molecule has 0 amide bonds. The van der Waals surface area contributed by atoms with Crippen LogP contribution in [0.1, 0.15) is 10.4 Å². The zero-order valence-corrected chi connectivity index (χ0v) is 6.58. The minimum Gasteiger partial charge on any atom is -0.477 e. The molecule has 14 heavy (non-hydrogen) atoms. The third-order valence-electron chi connectivity index (χ3n) is 1.26. The molecule has 0 fully saturated rings. The van der Waals surface area contributed by atoms with Gasteiger partial charge in [0.05, 0.1) is 0 Å². The molecule has 0 aliphatic rings. The van der Waals surface area contributed by atoms with Crippen LogP contribution in [-0.4, -0.2) is 22.7 Å². The molecule has 0 bridgehead atoms. The van der Waals surface area contributed by atoms with Crippen molar-refractivity contribution in [2.24, 2.45) is 0 Å². The fraction of sp³-hybridized carbons (Fsp3) is 0.143. The summed E-state index contributed by atoms with van der Waals surface area (Å²) in [5.74, 6) is -3.55. The summed E-state index contributed by atoms with van der Waals surface area (Å²) in [5, 5.41) is 8.48. The molecule has 0 unspecified atom stereocenters. The highest BCUT2D eigenvalue weighted by Crippen LogP contribution is 2.17. The Kier molecular flexibility index (Phi) is 2.90. The molecule has 1 rings (SSSR count). The Morgan fingerprint density at radius 2 is 2.14 bits per heavy atom. The van der Waals surface area contributed by atoms with E-state index < -0.39 is 30.0 Å². The zero-order chi connectivity index (χ0) is 10.7. The van der Waals surface area contributed by atoms with E-state index in [0.29, 0.717) is 0 Å². The molecule has 0 aromatic carbocycles. The summed E-state index contributed by atoms with van der Waals surface area (Å²) in [6, 6.07) is 1.53. The van der Waals surface area contributed by atoms with Gasteiger partial charge in [0.1, 0.15) is 5.56 Å². The number of hydrogen-bond donors (Lipinski definition) is 1. The Morgan fingerprint density at radius 1 is 1.50 bits per heavy atom. The van der Waals surface area contributed by atoms with E-state index in [0.717, 1.165) is 12.1 Å². The molecule has 1 aromatic heterocycles. The normalized spacial score (nSPS) is 10.3. The lowest BCUT2D eigenvalue weighted by Crippen LogP contribution is -2.10. The van der Waals surface area contributed by atoms with Crippen molar-refractivity contribution < 1.29 is 27.8 Å². The Bertz CT molecular complexity index is 356. The van der Waals surface area contributed by atoms with Crippen molar-refractivity contribution in [1.82, 2.24) is 4.98 Å². The standard InChI is InChI=1S/C7H4F3NO3/c8-4-2-1-3(6(12)13)5(11-4)14-7(9)10/h1-2,7H,(H,12,13). The van der Waals surface area contributed by atoms with Gasteiger partial charge in [-0.25, -0.2) is 4.79 Å². The largest absolute Gasteiger partial charge is 0.477 e. The van der Waals surface area contributed by atoms with Gasteiger partial charge in [0.15, 0.2) is 0 Å². The second-order valence-corrected chi connectivity index (χ2v) is 2.17. The number of carbonyl (C=O) groups is 1. The Labute approximate surface area is 75.9 Å². The molecule has 4 nitrogen and oxygen atoms in total. The van der Waals surface area contributed by atoms with Crippen molar-refractivity contribution in [1.29, 1.82) is 0 Å². The minimum atomic E-state index is -3.25. The van der Waals surface area contributed by atoms with Crippen molar-refractivity contribution in [3.63, 3.8) is 0 Å². The summed E-state index contributed by atoms with van der Waals surface area (Å²) in [5.41, 5.74) is -0.619. The highest BCUT2D eigenvalue weighted by atomic mass is 19.3. The van der Waals surface area contributed by atoms with Crippen molar-refractivity contribution in [3.05, 3.63) is 23.6 Å². The van der Waals surface area contributed by atoms with E-state index in [1.807, 2.05) is 0 Å². The zero-order valence-electron chi connectivity index (χ0n) is 6.58. The van der Waals surface area contributed by atoms with Crippen LogP contribution >= 0.6 is 0 Å². The number of carboxylic acids is 1. The monoisotopic (exact) mass is 207 g/mol. The number of halogens is 3. The van der Waals surface area contributed by atoms with E-state index in [2.05, 4.69) is 9.72 Å². The van der Waals surface area contributed by atoms with E-state index in [1.165, 1.54) is 0 Å². The average molecular weight is 207 g/mol. The van der Waals surface area contributed by atoms with Crippen LogP contribution in [-0.2, 0) is 0 Å². The summed E-state index contributed by atoms with van der Waals surface area (Å²) in [6.45, 7) is -3.25. The summed E-state index contributed by atoms with van der Waals surface area (Å²) in [4.78, 5) is 13.3. The molecular weight excluding hydrogens is 203 g/mol. The second-order valence-electron chi connectivity index (χ2n) is 2.17. The average Bonchev–Trinajstić information content (AvgIpc) is 2.01. The van der Waals surface area contributed by atoms with Crippen LogP contribution in [0, 0.1) is 5.95 Å². The van der Waals surface area contributed by atoms with Crippen molar-refractivity contribution in [2.45, 2.75) is 6.61 Å². The van der Waals surface area contributed by atoms with Gasteiger partial charge in [-0.1, -0.05) is 0 Å². The lowest BCUT2D eigenvalue weighted by atomic mass is 10.3. The number of pyridine rings is 1. The van der Waals surface area contributed by atoms with Crippen molar-refractivity contribution in [2.75, 3.05) is 0 Å². The van der Waals surface area contributed by atoms with Crippen LogP contribution in [0.15, 0.2) is 12.1 Å². The van der Waals surface area contributed by atoms with Gasteiger partial charge in [0.2, 0.25) is 11.8 Å². The molecule has 0 saturated carbocycles. The molecule has 0 saturated heterocycles. The molecule has 1 aromatic rings. The van der Waals surface area contributed by atoms with Crippen LogP contribution in [0.2, 0.25) is 0 Å². The van der Waals surface area contributed by atoms with E-state index >= 15 is 0 Å². The fourth-order valence-electron chi connectivity index (χ4n) is 0.755. The van der Waals surface area contributed by atoms with Gasteiger partial charge < -0.3 is 9.84 Å². The number of aromatic carboxylic acids is 1. The first-order valence-electron chi connectivity index (χ1n) is 3.35. The molecule has 7 heteroatoms. The Morgan fingerprint density at radius 3 is 2.64 bits per heavy atom. The molecule has 1 heterocycles. The molecule has 0 radical (unpaired) electrons. The minimum absolute atomic E-state index is 0.619. The van der Waals surface area contributed by atoms with E-state index in [-0.39, 0.29) is 0 Å². The van der Waals surface area contributed by atoms with Crippen LogP contribution < -0.4 is 4.74 Å². The fourth-order valence-corrected chi connectivity index (χ4v) is 0.755. The third-order valence-corrected chi connectivity index (χ3v) is 1.26. The van der Waals surface area contributed by atoms with Gasteiger partial charge in [0, 0.05) is 0 Å². The first kappa shape index (κ1) is 10.3. The molecular formula is C7H4F3NO3. The van der Waals surface area contributed by atoms with Gasteiger partial charge in [-0.05, 0) is 12.1 Å². The van der Waals surface area contributed by atoms with Crippen molar-refractivity contribution in [3.8, 4) is 5.88 Å². The Hall–Kier alpha value is -1.79. The summed E-state index contributed by atoms with van der Waals surface area (Å²) in [7, 11) is 0. The molecule has 0 aliphatic carbocycles. The molecule has 0 atom stereocenters. The summed E-state index contributed by atoms with van der Waals surface area (Å²) >= 11 is 0. The molecule has 0 aliphatic heterocycles. The first-order valence-corrected chi connectivity index (χ1v) is 3.35. The van der Waals surface area contributed by atoms with Gasteiger partial charge in [-0.3, -0.25) is 0 Å². The maximum atomic E-state index is 12.4. The maximum Gasteiger partial charge on any atom is 0.388 e. The number of carboxylic acid groups (broad SMARTS) is 1.